The van der Waals surface area contributed by atoms with Gasteiger partial charge in [-0.15, -0.1) is 0 Å². The number of rotatable bonds is 4. The van der Waals surface area contributed by atoms with Gasteiger partial charge in [0.25, 0.3) is 0 Å². The quantitative estimate of drug-likeness (QED) is 0.894. The van der Waals surface area contributed by atoms with Crippen molar-refractivity contribution >= 4 is 15.9 Å². The van der Waals surface area contributed by atoms with Crippen molar-refractivity contribution in [1.29, 1.82) is 0 Å². The first-order valence-corrected chi connectivity index (χ1v) is 7.08. The molecule has 0 aliphatic heterocycles. The van der Waals surface area contributed by atoms with Gasteiger partial charge in [-0.3, -0.25) is 4.98 Å². The molecule has 1 aromatic carbocycles. The molecule has 1 atom stereocenters. The minimum atomic E-state index is -4.33. The molecule has 0 saturated carbocycles. The van der Waals surface area contributed by atoms with Gasteiger partial charge < -0.3 is 5.11 Å². The van der Waals surface area contributed by atoms with E-state index in [1.165, 1.54) is 12.1 Å². The summed E-state index contributed by atoms with van der Waals surface area (Å²) < 4.78 is 38.2. The number of hydrogen-bond donors (Lipinski definition) is 1. The van der Waals surface area contributed by atoms with Gasteiger partial charge in [0.15, 0.2) is 0 Å². The first-order chi connectivity index (χ1) is 9.84. The van der Waals surface area contributed by atoms with Crippen LogP contribution in [0.2, 0.25) is 0 Å². The topological polar surface area (TPSA) is 33.1 Å². The lowest BCUT2D eigenvalue weighted by molar-refractivity contribution is -0.137. The Hall–Kier alpha value is -1.40. The average molecular weight is 360 g/mol. The molecule has 6 heteroatoms. The van der Waals surface area contributed by atoms with Crippen LogP contribution in [0.3, 0.4) is 0 Å². The van der Waals surface area contributed by atoms with Crippen molar-refractivity contribution in [3.63, 3.8) is 0 Å². The maximum absolute atomic E-state index is 12.4. The number of alkyl halides is 3. The summed E-state index contributed by atoms with van der Waals surface area (Å²) in [5, 5.41) is 9.98. The zero-order valence-corrected chi connectivity index (χ0v) is 12.5. The molecule has 0 aliphatic rings. The number of halogens is 4. The summed E-state index contributed by atoms with van der Waals surface area (Å²) >= 11 is 3.27. The number of nitrogens with zero attached hydrogens (tertiary/aromatic N) is 1. The average Bonchev–Trinajstić information content (AvgIpc) is 2.41. The third kappa shape index (κ3) is 4.82. The van der Waals surface area contributed by atoms with Gasteiger partial charge in [0, 0.05) is 22.8 Å². The van der Waals surface area contributed by atoms with Crippen LogP contribution in [0.5, 0.6) is 0 Å². The molecule has 0 amide bonds. The molecular weight excluding hydrogens is 347 g/mol. The summed E-state index contributed by atoms with van der Waals surface area (Å²) in [4.78, 5) is 4.15. The van der Waals surface area contributed by atoms with Crippen molar-refractivity contribution < 1.29 is 18.3 Å². The summed E-state index contributed by atoms with van der Waals surface area (Å²) in [6, 6.07) is 8.45. The summed E-state index contributed by atoms with van der Waals surface area (Å²) in [6.07, 6.45) is -2.74. The standard InChI is InChI=1S/C15H13BrF3NO/c16-12-5-6-13(20-9-12)8-14(21)7-10-1-3-11(4-2-10)15(17,18)19/h1-6,9,14,21H,7-8H2. The molecule has 112 valence electrons. The Labute approximate surface area is 128 Å². The highest BCUT2D eigenvalue weighted by Gasteiger charge is 2.29. The predicted molar refractivity (Wildman–Crippen MR) is 76.8 cm³/mol. The third-order valence-electron chi connectivity index (χ3n) is 2.99. The number of pyridine rings is 1. The van der Waals surface area contributed by atoms with Gasteiger partial charge in [0.1, 0.15) is 0 Å². The number of aliphatic hydroxyl groups is 1. The first kappa shape index (κ1) is 16.0. The van der Waals surface area contributed by atoms with Crippen molar-refractivity contribution in [2.75, 3.05) is 0 Å². The smallest absolute Gasteiger partial charge is 0.392 e. The highest BCUT2D eigenvalue weighted by molar-refractivity contribution is 9.10. The van der Waals surface area contributed by atoms with E-state index in [2.05, 4.69) is 20.9 Å². The van der Waals surface area contributed by atoms with Gasteiger partial charge >= 0.3 is 6.18 Å². The fourth-order valence-corrected chi connectivity index (χ4v) is 2.18. The minimum Gasteiger partial charge on any atom is -0.392 e. The molecule has 0 spiro atoms. The fraction of sp³-hybridized carbons (Fsp3) is 0.267. The van der Waals surface area contributed by atoms with Crippen LogP contribution in [0.25, 0.3) is 0 Å². The minimum absolute atomic E-state index is 0.288. The van der Waals surface area contributed by atoms with E-state index in [4.69, 9.17) is 0 Å². The molecule has 2 nitrogen and oxygen atoms in total. The molecule has 1 unspecified atom stereocenters. The Balaban J connectivity index is 1.96. The SMILES string of the molecule is OC(Cc1ccc(C(F)(F)F)cc1)Cc1ccc(Br)cn1. The molecular formula is C15H13BrF3NO. The monoisotopic (exact) mass is 359 g/mol. The Kier molecular flexibility index (Phi) is 5.00. The van der Waals surface area contributed by atoms with E-state index in [0.717, 1.165) is 22.3 Å². The number of aromatic nitrogens is 1. The van der Waals surface area contributed by atoms with Crippen LogP contribution in [0.1, 0.15) is 16.8 Å². The molecule has 2 aromatic rings. The predicted octanol–water partition coefficient (Wildman–Crippen LogP) is 4.01. The second kappa shape index (κ2) is 6.58. The third-order valence-corrected chi connectivity index (χ3v) is 3.46. The molecule has 0 aliphatic carbocycles. The van der Waals surface area contributed by atoms with E-state index < -0.39 is 17.8 Å². The zero-order chi connectivity index (χ0) is 15.5. The molecule has 1 N–H and O–H groups in total. The van der Waals surface area contributed by atoms with Crippen LogP contribution >= 0.6 is 15.9 Å². The fourth-order valence-electron chi connectivity index (χ4n) is 1.94. The van der Waals surface area contributed by atoms with E-state index in [-0.39, 0.29) is 6.42 Å². The van der Waals surface area contributed by atoms with Gasteiger partial charge in [0.05, 0.1) is 11.7 Å². The molecule has 0 bridgehead atoms. The highest BCUT2D eigenvalue weighted by atomic mass is 79.9. The number of hydrogen-bond acceptors (Lipinski definition) is 2. The molecule has 2 rings (SSSR count). The lowest BCUT2D eigenvalue weighted by Gasteiger charge is -2.11. The molecule has 1 heterocycles. The summed E-state index contributed by atoms with van der Waals surface area (Å²) in [6.45, 7) is 0. The van der Waals surface area contributed by atoms with Crippen molar-refractivity contribution in [1.82, 2.24) is 4.98 Å². The maximum Gasteiger partial charge on any atom is 0.416 e. The second-order valence-electron chi connectivity index (χ2n) is 4.72. The molecule has 0 fully saturated rings. The normalized spacial score (nSPS) is 13.2. The van der Waals surface area contributed by atoms with Crippen molar-refractivity contribution in [2.45, 2.75) is 25.1 Å². The number of benzene rings is 1. The highest BCUT2D eigenvalue weighted by Crippen LogP contribution is 2.29. The molecule has 21 heavy (non-hydrogen) atoms. The van der Waals surface area contributed by atoms with Crippen LogP contribution in [-0.2, 0) is 19.0 Å². The van der Waals surface area contributed by atoms with Crippen molar-refractivity contribution in [3.05, 3.63) is 63.9 Å². The zero-order valence-electron chi connectivity index (χ0n) is 10.9. The summed E-state index contributed by atoms with van der Waals surface area (Å²) in [7, 11) is 0. The maximum atomic E-state index is 12.4. The van der Waals surface area contributed by atoms with Crippen LogP contribution in [0, 0.1) is 0 Å². The Morgan fingerprint density at radius 3 is 2.24 bits per heavy atom. The van der Waals surface area contributed by atoms with Crippen LogP contribution in [0.4, 0.5) is 13.2 Å². The van der Waals surface area contributed by atoms with Crippen LogP contribution in [0.15, 0.2) is 47.1 Å². The van der Waals surface area contributed by atoms with E-state index in [1.807, 2.05) is 6.07 Å². The van der Waals surface area contributed by atoms with Gasteiger partial charge in [-0.25, -0.2) is 0 Å². The van der Waals surface area contributed by atoms with Crippen LogP contribution in [-0.4, -0.2) is 16.2 Å². The Morgan fingerprint density at radius 2 is 1.71 bits per heavy atom. The van der Waals surface area contributed by atoms with E-state index in [0.29, 0.717) is 12.0 Å². The summed E-state index contributed by atoms with van der Waals surface area (Å²) in [5.74, 6) is 0. The second-order valence-corrected chi connectivity index (χ2v) is 5.64. The number of aliphatic hydroxyl groups excluding tert-OH is 1. The van der Waals surface area contributed by atoms with Crippen molar-refractivity contribution in [3.8, 4) is 0 Å². The molecule has 0 saturated heterocycles. The first-order valence-electron chi connectivity index (χ1n) is 6.29. The largest absolute Gasteiger partial charge is 0.416 e. The van der Waals surface area contributed by atoms with Crippen LogP contribution < -0.4 is 0 Å². The van der Waals surface area contributed by atoms with Gasteiger partial charge in [-0.2, -0.15) is 13.2 Å². The van der Waals surface area contributed by atoms with Gasteiger partial charge in [0.2, 0.25) is 0 Å². The lowest BCUT2D eigenvalue weighted by atomic mass is 10.0. The molecule has 1 aromatic heterocycles. The summed E-state index contributed by atoms with van der Waals surface area (Å²) in [5.41, 5.74) is 0.709. The Bertz CT molecular complexity index is 581. The van der Waals surface area contributed by atoms with Gasteiger partial charge in [-0.1, -0.05) is 12.1 Å². The van der Waals surface area contributed by atoms with Crippen molar-refractivity contribution in [2.24, 2.45) is 0 Å². The molecule has 0 radical (unpaired) electrons. The van der Waals surface area contributed by atoms with E-state index in [9.17, 15) is 18.3 Å². The lowest BCUT2D eigenvalue weighted by Crippen LogP contribution is -2.15. The van der Waals surface area contributed by atoms with E-state index >= 15 is 0 Å². The van der Waals surface area contributed by atoms with E-state index in [1.54, 1.807) is 12.3 Å². The Morgan fingerprint density at radius 1 is 1.05 bits per heavy atom. The van der Waals surface area contributed by atoms with Gasteiger partial charge in [-0.05, 0) is 52.2 Å².